The summed E-state index contributed by atoms with van der Waals surface area (Å²) in [5.74, 6) is 0.822. The summed E-state index contributed by atoms with van der Waals surface area (Å²) in [6.07, 6.45) is 1.71. The number of hydrogen-bond donors (Lipinski definition) is 1. The zero-order chi connectivity index (χ0) is 21.8. The molecule has 2 heterocycles. The van der Waals surface area contributed by atoms with Crippen LogP contribution in [0.2, 0.25) is 0 Å². The molecule has 1 unspecified atom stereocenters. The van der Waals surface area contributed by atoms with Gasteiger partial charge in [-0.25, -0.2) is 0 Å². The number of nitrogens with one attached hydrogen (secondary N) is 1. The number of carbonyl (C=O) groups excluding carboxylic acids is 2. The zero-order valence-corrected chi connectivity index (χ0v) is 18.0. The van der Waals surface area contributed by atoms with Gasteiger partial charge in [-0.2, -0.15) is 0 Å². The molecule has 1 aromatic heterocycles. The van der Waals surface area contributed by atoms with Crippen molar-refractivity contribution >= 4 is 22.8 Å². The van der Waals surface area contributed by atoms with Crippen molar-refractivity contribution in [3.63, 3.8) is 0 Å². The SMILES string of the molecule is CC(C)C(=O)NC1CCCN(C(=O)c2oc3ccccc3c2COc2ccccc2)C1. The van der Waals surface area contributed by atoms with Gasteiger partial charge in [0.2, 0.25) is 5.91 Å². The fourth-order valence-corrected chi connectivity index (χ4v) is 3.88. The van der Waals surface area contributed by atoms with E-state index in [-0.39, 0.29) is 30.4 Å². The van der Waals surface area contributed by atoms with Crippen molar-refractivity contribution in [1.29, 1.82) is 0 Å². The van der Waals surface area contributed by atoms with Gasteiger partial charge in [-0.3, -0.25) is 9.59 Å². The van der Waals surface area contributed by atoms with E-state index in [9.17, 15) is 9.59 Å². The molecule has 1 aliphatic rings. The standard InChI is InChI=1S/C25H28N2O4/c1-17(2)24(28)26-18-9-8-14-27(15-18)25(29)23-21(16-30-19-10-4-3-5-11-19)20-12-6-7-13-22(20)31-23/h3-7,10-13,17-18H,8-9,14-16H2,1-2H3,(H,26,28). The molecule has 0 bridgehead atoms. The second-order valence-corrected chi connectivity index (χ2v) is 8.26. The number of para-hydroxylation sites is 2. The summed E-state index contributed by atoms with van der Waals surface area (Å²) in [6.45, 7) is 5.10. The van der Waals surface area contributed by atoms with Crippen LogP contribution in [0.4, 0.5) is 0 Å². The number of carbonyl (C=O) groups is 2. The first-order chi connectivity index (χ1) is 15.0. The van der Waals surface area contributed by atoms with Crippen LogP contribution in [0.1, 0.15) is 42.8 Å². The van der Waals surface area contributed by atoms with Gasteiger partial charge in [0.1, 0.15) is 17.9 Å². The van der Waals surface area contributed by atoms with Crippen molar-refractivity contribution in [3.8, 4) is 5.75 Å². The Hall–Kier alpha value is -3.28. The molecule has 162 valence electrons. The van der Waals surface area contributed by atoms with E-state index in [2.05, 4.69) is 5.32 Å². The van der Waals surface area contributed by atoms with E-state index in [1.165, 1.54) is 0 Å². The van der Waals surface area contributed by atoms with Crippen molar-refractivity contribution in [1.82, 2.24) is 10.2 Å². The molecule has 0 radical (unpaired) electrons. The normalized spacial score (nSPS) is 16.5. The molecule has 3 aromatic rings. The predicted octanol–water partition coefficient (Wildman–Crippen LogP) is 4.39. The van der Waals surface area contributed by atoms with Crippen LogP contribution in [0.3, 0.4) is 0 Å². The number of likely N-dealkylation sites (tertiary alicyclic amines) is 1. The Kier molecular flexibility index (Phi) is 6.26. The molecular formula is C25H28N2O4. The maximum absolute atomic E-state index is 13.4. The number of amides is 2. The van der Waals surface area contributed by atoms with Crippen LogP contribution in [-0.4, -0.2) is 35.8 Å². The van der Waals surface area contributed by atoms with Crippen molar-refractivity contribution in [2.45, 2.75) is 39.3 Å². The van der Waals surface area contributed by atoms with E-state index in [1.807, 2.05) is 68.4 Å². The lowest BCUT2D eigenvalue weighted by Gasteiger charge is -2.33. The highest BCUT2D eigenvalue weighted by Gasteiger charge is 2.30. The summed E-state index contributed by atoms with van der Waals surface area (Å²) >= 11 is 0. The molecule has 0 saturated carbocycles. The van der Waals surface area contributed by atoms with Gasteiger partial charge in [-0.05, 0) is 31.0 Å². The minimum Gasteiger partial charge on any atom is -0.489 e. The van der Waals surface area contributed by atoms with E-state index >= 15 is 0 Å². The topological polar surface area (TPSA) is 71.8 Å². The highest BCUT2D eigenvalue weighted by molar-refractivity contribution is 5.99. The Labute approximate surface area is 182 Å². The number of fused-ring (bicyclic) bond motifs is 1. The van der Waals surface area contributed by atoms with E-state index in [1.54, 1.807) is 4.90 Å². The van der Waals surface area contributed by atoms with Gasteiger partial charge in [0.05, 0.1) is 0 Å². The molecule has 1 atom stereocenters. The molecule has 2 amide bonds. The number of ether oxygens (including phenoxy) is 1. The van der Waals surface area contributed by atoms with E-state index in [0.29, 0.717) is 24.4 Å². The quantitative estimate of drug-likeness (QED) is 0.642. The summed E-state index contributed by atoms with van der Waals surface area (Å²) in [6, 6.07) is 17.1. The smallest absolute Gasteiger partial charge is 0.290 e. The van der Waals surface area contributed by atoms with Crippen LogP contribution in [0.25, 0.3) is 11.0 Å². The molecule has 0 aliphatic carbocycles. The zero-order valence-electron chi connectivity index (χ0n) is 18.0. The maximum Gasteiger partial charge on any atom is 0.290 e. The summed E-state index contributed by atoms with van der Waals surface area (Å²) in [5, 5.41) is 3.93. The first-order valence-corrected chi connectivity index (χ1v) is 10.8. The van der Waals surface area contributed by atoms with Gasteiger partial charge < -0.3 is 19.4 Å². The van der Waals surface area contributed by atoms with E-state index < -0.39 is 0 Å². The van der Waals surface area contributed by atoms with Crippen LogP contribution in [0.15, 0.2) is 59.0 Å². The lowest BCUT2D eigenvalue weighted by atomic mass is 10.0. The average molecular weight is 421 g/mol. The van der Waals surface area contributed by atoms with Gasteiger partial charge in [0, 0.05) is 36.0 Å². The average Bonchev–Trinajstić information content (AvgIpc) is 3.16. The third-order valence-electron chi connectivity index (χ3n) is 5.60. The van der Waals surface area contributed by atoms with Crippen molar-refractivity contribution in [3.05, 3.63) is 65.9 Å². The van der Waals surface area contributed by atoms with Gasteiger partial charge >= 0.3 is 0 Å². The van der Waals surface area contributed by atoms with Crippen LogP contribution in [0.5, 0.6) is 5.75 Å². The van der Waals surface area contributed by atoms with E-state index in [0.717, 1.165) is 29.5 Å². The summed E-state index contributed by atoms with van der Waals surface area (Å²) in [4.78, 5) is 27.3. The fourth-order valence-electron chi connectivity index (χ4n) is 3.88. The molecule has 1 saturated heterocycles. The molecule has 1 aliphatic heterocycles. The van der Waals surface area contributed by atoms with Crippen LogP contribution >= 0.6 is 0 Å². The van der Waals surface area contributed by atoms with Gasteiger partial charge in [-0.1, -0.05) is 50.2 Å². The largest absolute Gasteiger partial charge is 0.489 e. The molecule has 6 heteroatoms. The Morgan fingerprint density at radius 3 is 2.65 bits per heavy atom. The van der Waals surface area contributed by atoms with Crippen LogP contribution in [-0.2, 0) is 11.4 Å². The first-order valence-electron chi connectivity index (χ1n) is 10.8. The van der Waals surface area contributed by atoms with Gasteiger partial charge in [-0.15, -0.1) is 0 Å². The number of piperidine rings is 1. The predicted molar refractivity (Wildman–Crippen MR) is 119 cm³/mol. The van der Waals surface area contributed by atoms with Crippen LogP contribution < -0.4 is 10.1 Å². The lowest BCUT2D eigenvalue weighted by Crippen LogP contribution is -2.50. The molecule has 6 nitrogen and oxygen atoms in total. The summed E-state index contributed by atoms with van der Waals surface area (Å²) < 4.78 is 11.9. The third-order valence-corrected chi connectivity index (χ3v) is 5.60. The number of hydrogen-bond acceptors (Lipinski definition) is 4. The van der Waals surface area contributed by atoms with Gasteiger partial charge in [0.15, 0.2) is 5.76 Å². The number of nitrogens with zero attached hydrogens (tertiary/aromatic N) is 1. The fraction of sp³-hybridized carbons (Fsp3) is 0.360. The molecule has 0 spiro atoms. The maximum atomic E-state index is 13.4. The number of furan rings is 1. The van der Waals surface area contributed by atoms with Crippen molar-refractivity contribution < 1.29 is 18.7 Å². The Morgan fingerprint density at radius 2 is 1.87 bits per heavy atom. The number of benzene rings is 2. The highest BCUT2D eigenvalue weighted by atomic mass is 16.5. The minimum absolute atomic E-state index is 0.0139. The second kappa shape index (κ2) is 9.25. The third kappa shape index (κ3) is 4.74. The second-order valence-electron chi connectivity index (χ2n) is 8.26. The minimum atomic E-state index is -0.161. The lowest BCUT2D eigenvalue weighted by molar-refractivity contribution is -0.125. The highest BCUT2D eigenvalue weighted by Crippen LogP contribution is 2.29. The Balaban J connectivity index is 1.56. The molecule has 1 fully saturated rings. The monoisotopic (exact) mass is 420 g/mol. The first kappa shape index (κ1) is 21.0. The molecule has 2 aromatic carbocycles. The molecule has 1 N–H and O–H groups in total. The van der Waals surface area contributed by atoms with Gasteiger partial charge in [0.25, 0.3) is 5.91 Å². The molecule has 4 rings (SSSR count). The van der Waals surface area contributed by atoms with Crippen molar-refractivity contribution in [2.75, 3.05) is 13.1 Å². The Bertz CT molecular complexity index is 1060. The van der Waals surface area contributed by atoms with Crippen molar-refractivity contribution in [2.24, 2.45) is 5.92 Å². The van der Waals surface area contributed by atoms with Crippen LogP contribution in [0, 0.1) is 5.92 Å². The molecular weight excluding hydrogens is 392 g/mol. The van der Waals surface area contributed by atoms with E-state index in [4.69, 9.17) is 9.15 Å². The summed E-state index contributed by atoms with van der Waals surface area (Å²) in [5.41, 5.74) is 1.41. The Morgan fingerprint density at radius 1 is 1.13 bits per heavy atom. The molecule has 31 heavy (non-hydrogen) atoms. The number of rotatable bonds is 6. The summed E-state index contributed by atoms with van der Waals surface area (Å²) in [7, 11) is 0.